The molecule has 8 nitrogen and oxygen atoms in total. The predicted molar refractivity (Wildman–Crippen MR) is 108 cm³/mol. The van der Waals surface area contributed by atoms with Gasteiger partial charge >= 0.3 is 12.0 Å². The summed E-state index contributed by atoms with van der Waals surface area (Å²) in [4.78, 5) is 35.7. The molecular weight excluding hydrogens is 374 g/mol. The third-order valence-corrected chi connectivity index (χ3v) is 4.16. The lowest BCUT2D eigenvalue weighted by atomic mass is 10.1. The Bertz CT molecular complexity index is 809. The summed E-state index contributed by atoms with van der Waals surface area (Å²) in [5.41, 5.74) is 1.84. The largest absolute Gasteiger partial charge is 0.478 e. The van der Waals surface area contributed by atoms with Crippen LogP contribution in [0, 0.1) is 0 Å². The number of hydrogen-bond donors (Lipinski definition) is 4. The van der Waals surface area contributed by atoms with Crippen molar-refractivity contribution in [1.29, 1.82) is 0 Å². The molecule has 0 aliphatic heterocycles. The van der Waals surface area contributed by atoms with E-state index in [-0.39, 0.29) is 18.0 Å². The lowest BCUT2D eigenvalue weighted by molar-refractivity contribution is -0.123. The fourth-order valence-corrected chi connectivity index (χ4v) is 2.62. The van der Waals surface area contributed by atoms with Gasteiger partial charge in [0.05, 0.1) is 12.2 Å². The number of ether oxygens (including phenoxy) is 1. The molecule has 2 rings (SSSR count). The second kappa shape index (κ2) is 11.5. The van der Waals surface area contributed by atoms with E-state index in [1.54, 1.807) is 19.2 Å². The Morgan fingerprint density at radius 2 is 1.66 bits per heavy atom. The van der Waals surface area contributed by atoms with Gasteiger partial charge in [-0.1, -0.05) is 42.5 Å². The molecule has 2 aromatic rings. The summed E-state index contributed by atoms with van der Waals surface area (Å²) >= 11 is 0. The van der Waals surface area contributed by atoms with Crippen molar-refractivity contribution in [3.63, 3.8) is 0 Å². The molecule has 0 aliphatic rings. The third-order valence-electron chi connectivity index (χ3n) is 4.16. The van der Waals surface area contributed by atoms with E-state index in [9.17, 15) is 14.4 Å². The zero-order valence-corrected chi connectivity index (χ0v) is 16.2. The number of carbonyl (C=O) groups excluding carboxylic acids is 2. The number of rotatable bonds is 10. The average molecular weight is 399 g/mol. The van der Waals surface area contributed by atoms with E-state index in [4.69, 9.17) is 9.84 Å². The highest BCUT2D eigenvalue weighted by atomic mass is 16.5. The molecule has 0 unspecified atom stereocenters. The molecule has 154 valence electrons. The lowest BCUT2D eigenvalue weighted by Gasteiger charge is -2.19. The SMILES string of the molecule is COCCNC(=O)[C@H](Cc1ccccc1)NC(=O)NCc1ccc(C(=O)O)cc1. The van der Waals surface area contributed by atoms with Gasteiger partial charge in [-0.15, -0.1) is 0 Å². The number of urea groups is 1. The molecule has 29 heavy (non-hydrogen) atoms. The van der Waals surface area contributed by atoms with Crippen LogP contribution in [0.4, 0.5) is 4.79 Å². The van der Waals surface area contributed by atoms with Gasteiger partial charge in [0.25, 0.3) is 0 Å². The van der Waals surface area contributed by atoms with Crippen molar-refractivity contribution in [2.75, 3.05) is 20.3 Å². The van der Waals surface area contributed by atoms with Crippen molar-refractivity contribution in [3.8, 4) is 0 Å². The first-order valence-corrected chi connectivity index (χ1v) is 9.16. The van der Waals surface area contributed by atoms with Crippen molar-refractivity contribution >= 4 is 17.9 Å². The van der Waals surface area contributed by atoms with E-state index in [0.717, 1.165) is 11.1 Å². The van der Waals surface area contributed by atoms with Crippen LogP contribution in [0.3, 0.4) is 0 Å². The summed E-state index contributed by atoms with van der Waals surface area (Å²) in [6.45, 7) is 0.928. The van der Waals surface area contributed by atoms with Crippen LogP contribution in [0.2, 0.25) is 0 Å². The standard InChI is InChI=1S/C21H25N3O5/c1-29-12-11-22-19(25)18(13-15-5-3-2-4-6-15)24-21(28)23-14-16-7-9-17(10-8-16)20(26)27/h2-10,18H,11-14H2,1H3,(H,22,25)(H,26,27)(H2,23,24,28)/t18-/m0/s1. The first-order chi connectivity index (χ1) is 14.0. The van der Waals surface area contributed by atoms with Crippen LogP contribution in [0.5, 0.6) is 0 Å². The van der Waals surface area contributed by atoms with Crippen molar-refractivity contribution in [2.45, 2.75) is 19.0 Å². The van der Waals surface area contributed by atoms with Crippen LogP contribution in [0.1, 0.15) is 21.5 Å². The highest BCUT2D eigenvalue weighted by Gasteiger charge is 2.21. The van der Waals surface area contributed by atoms with Crippen molar-refractivity contribution in [2.24, 2.45) is 0 Å². The summed E-state index contributed by atoms with van der Waals surface area (Å²) in [5.74, 6) is -1.31. The number of benzene rings is 2. The van der Waals surface area contributed by atoms with E-state index in [1.807, 2.05) is 30.3 Å². The Balaban J connectivity index is 1.94. The summed E-state index contributed by atoms with van der Waals surface area (Å²) in [7, 11) is 1.54. The molecule has 0 spiro atoms. The van der Waals surface area contributed by atoms with Crippen LogP contribution >= 0.6 is 0 Å². The Kier molecular flexibility index (Phi) is 8.65. The molecule has 8 heteroatoms. The van der Waals surface area contributed by atoms with Gasteiger partial charge in [0, 0.05) is 26.6 Å². The molecule has 0 heterocycles. The highest BCUT2D eigenvalue weighted by molar-refractivity contribution is 5.88. The lowest BCUT2D eigenvalue weighted by Crippen LogP contribution is -2.51. The molecule has 0 bridgehead atoms. The number of hydrogen-bond acceptors (Lipinski definition) is 4. The Hall–Kier alpha value is -3.39. The molecule has 0 fully saturated rings. The first-order valence-electron chi connectivity index (χ1n) is 9.16. The van der Waals surface area contributed by atoms with Crippen LogP contribution < -0.4 is 16.0 Å². The Morgan fingerprint density at radius 3 is 2.28 bits per heavy atom. The predicted octanol–water partition coefficient (Wildman–Crippen LogP) is 1.56. The molecule has 2 aromatic carbocycles. The molecule has 1 atom stereocenters. The summed E-state index contributed by atoms with van der Waals surface area (Å²) in [6, 6.07) is 14.4. The topological polar surface area (TPSA) is 117 Å². The molecular formula is C21H25N3O5. The van der Waals surface area contributed by atoms with Gasteiger partial charge in [-0.3, -0.25) is 4.79 Å². The summed E-state index contributed by atoms with van der Waals surface area (Å²) < 4.78 is 4.93. The maximum Gasteiger partial charge on any atom is 0.335 e. The van der Waals surface area contributed by atoms with Gasteiger partial charge in [0.1, 0.15) is 6.04 Å². The van der Waals surface area contributed by atoms with Gasteiger partial charge in [-0.25, -0.2) is 9.59 Å². The number of aromatic carboxylic acids is 1. The molecule has 3 amide bonds. The summed E-state index contributed by atoms with van der Waals surface area (Å²) in [5, 5.41) is 17.0. The van der Waals surface area contributed by atoms with E-state index >= 15 is 0 Å². The van der Waals surface area contributed by atoms with Gasteiger partial charge in [-0.05, 0) is 23.3 Å². The van der Waals surface area contributed by atoms with Gasteiger partial charge in [0.15, 0.2) is 0 Å². The minimum absolute atomic E-state index is 0.175. The zero-order chi connectivity index (χ0) is 21.1. The smallest absolute Gasteiger partial charge is 0.335 e. The molecule has 0 aliphatic carbocycles. The Labute approximate surface area is 169 Å². The Morgan fingerprint density at radius 1 is 0.966 bits per heavy atom. The molecule has 0 aromatic heterocycles. The molecule has 0 saturated heterocycles. The fraction of sp³-hybridized carbons (Fsp3) is 0.286. The van der Waals surface area contributed by atoms with Crippen molar-refractivity contribution < 1.29 is 24.2 Å². The van der Waals surface area contributed by atoms with E-state index in [2.05, 4.69) is 16.0 Å². The van der Waals surface area contributed by atoms with Gasteiger partial charge < -0.3 is 25.8 Å². The zero-order valence-electron chi connectivity index (χ0n) is 16.2. The second-order valence-corrected chi connectivity index (χ2v) is 6.36. The number of carbonyl (C=O) groups is 3. The number of amides is 3. The maximum atomic E-state index is 12.5. The molecule has 0 radical (unpaired) electrons. The fourth-order valence-electron chi connectivity index (χ4n) is 2.62. The number of carboxylic acid groups (broad SMARTS) is 1. The van der Waals surface area contributed by atoms with E-state index < -0.39 is 18.0 Å². The van der Waals surface area contributed by atoms with Gasteiger partial charge in [0.2, 0.25) is 5.91 Å². The normalized spacial score (nSPS) is 11.3. The summed E-state index contributed by atoms with van der Waals surface area (Å²) in [6.07, 6.45) is 0.348. The van der Waals surface area contributed by atoms with Gasteiger partial charge in [-0.2, -0.15) is 0 Å². The third kappa shape index (κ3) is 7.63. The first kappa shape index (κ1) is 21.9. The molecule has 4 N–H and O–H groups in total. The number of carboxylic acids is 1. The van der Waals surface area contributed by atoms with Crippen LogP contribution in [0.25, 0.3) is 0 Å². The van der Waals surface area contributed by atoms with Crippen LogP contribution in [-0.4, -0.2) is 49.3 Å². The minimum atomic E-state index is -1.01. The number of nitrogens with one attached hydrogen (secondary N) is 3. The van der Waals surface area contributed by atoms with Crippen molar-refractivity contribution in [3.05, 3.63) is 71.3 Å². The maximum absolute atomic E-state index is 12.5. The number of methoxy groups -OCH3 is 1. The van der Waals surface area contributed by atoms with Crippen molar-refractivity contribution in [1.82, 2.24) is 16.0 Å². The van der Waals surface area contributed by atoms with E-state index in [1.165, 1.54) is 12.1 Å². The average Bonchev–Trinajstić information content (AvgIpc) is 2.73. The highest BCUT2D eigenvalue weighted by Crippen LogP contribution is 2.05. The monoisotopic (exact) mass is 399 g/mol. The minimum Gasteiger partial charge on any atom is -0.478 e. The van der Waals surface area contributed by atoms with Crippen LogP contribution in [0.15, 0.2) is 54.6 Å². The van der Waals surface area contributed by atoms with Crippen LogP contribution in [-0.2, 0) is 22.5 Å². The quantitative estimate of drug-likeness (QED) is 0.453. The van der Waals surface area contributed by atoms with E-state index in [0.29, 0.717) is 19.6 Å². The molecule has 0 saturated carbocycles. The second-order valence-electron chi connectivity index (χ2n) is 6.36.